The Labute approximate surface area is 96.4 Å². The summed E-state index contributed by atoms with van der Waals surface area (Å²) in [6.07, 6.45) is -5.93. The highest BCUT2D eigenvalue weighted by Gasteiger charge is 2.37. The molecule has 0 fully saturated rings. The van der Waals surface area contributed by atoms with E-state index in [0.717, 1.165) is 6.92 Å². The van der Waals surface area contributed by atoms with Crippen molar-refractivity contribution in [1.82, 2.24) is 0 Å². The van der Waals surface area contributed by atoms with Gasteiger partial charge in [-0.2, -0.15) is 13.2 Å². The van der Waals surface area contributed by atoms with Crippen molar-refractivity contribution in [1.29, 1.82) is 0 Å². The fourth-order valence-electron chi connectivity index (χ4n) is 1.46. The summed E-state index contributed by atoms with van der Waals surface area (Å²) in [6.45, 7) is 0.997. The van der Waals surface area contributed by atoms with Gasteiger partial charge in [-0.25, -0.2) is 0 Å². The van der Waals surface area contributed by atoms with E-state index in [1.807, 2.05) is 0 Å². The number of Topliss-reactive ketones (excluding diaryl/α,β-unsaturated/α-hetero) is 2. The molecule has 5 heteroatoms. The molecule has 0 radical (unpaired) electrons. The van der Waals surface area contributed by atoms with Crippen molar-refractivity contribution >= 4 is 11.6 Å². The highest BCUT2D eigenvalue weighted by Crippen LogP contribution is 2.27. The summed E-state index contributed by atoms with van der Waals surface area (Å²) in [5.74, 6) is -3.19. The van der Waals surface area contributed by atoms with Gasteiger partial charge in [-0.3, -0.25) is 9.59 Å². The molecule has 92 valence electrons. The summed E-state index contributed by atoms with van der Waals surface area (Å²) >= 11 is 0. The predicted molar refractivity (Wildman–Crippen MR) is 55.6 cm³/mol. The third-order valence-corrected chi connectivity index (χ3v) is 2.30. The normalized spacial score (nSPS) is 13.2. The standard InChI is InChI=1S/C12H11F3O2/c1-8(16)10(7-12(13,14)15)11(17)9-5-3-2-4-6-9/h2-6,10H,7H2,1H3. The van der Waals surface area contributed by atoms with Crippen LogP contribution in [0.4, 0.5) is 13.2 Å². The first-order chi connectivity index (χ1) is 7.81. The molecule has 1 rings (SSSR count). The summed E-state index contributed by atoms with van der Waals surface area (Å²) in [4.78, 5) is 22.9. The molecule has 0 aliphatic carbocycles. The van der Waals surface area contributed by atoms with Gasteiger partial charge in [0.2, 0.25) is 0 Å². The quantitative estimate of drug-likeness (QED) is 0.602. The van der Waals surface area contributed by atoms with E-state index in [9.17, 15) is 22.8 Å². The van der Waals surface area contributed by atoms with Crippen molar-refractivity contribution in [2.75, 3.05) is 0 Å². The second kappa shape index (κ2) is 5.12. The third kappa shape index (κ3) is 4.01. The number of benzene rings is 1. The molecule has 0 saturated heterocycles. The number of halogens is 3. The fraction of sp³-hybridized carbons (Fsp3) is 0.333. The van der Waals surface area contributed by atoms with Gasteiger partial charge in [0, 0.05) is 5.56 Å². The molecule has 1 atom stereocenters. The highest BCUT2D eigenvalue weighted by atomic mass is 19.4. The Balaban J connectivity index is 2.93. The van der Waals surface area contributed by atoms with Crippen LogP contribution in [0.15, 0.2) is 30.3 Å². The lowest BCUT2D eigenvalue weighted by Gasteiger charge is -2.14. The number of alkyl halides is 3. The van der Waals surface area contributed by atoms with Gasteiger partial charge in [0.1, 0.15) is 5.78 Å². The molecule has 0 amide bonds. The fourth-order valence-corrected chi connectivity index (χ4v) is 1.46. The molecule has 2 nitrogen and oxygen atoms in total. The average molecular weight is 244 g/mol. The van der Waals surface area contributed by atoms with Crippen molar-refractivity contribution < 1.29 is 22.8 Å². The molecule has 0 aromatic heterocycles. The summed E-state index contributed by atoms with van der Waals surface area (Å²) in [6, 6.07) is 7.52. The van der Waals surface area contributed by atoms with Gasteiger partial charge in [-0.15, -0.1) is 0 Å². The summed E-state index contributed by atoms with van der Waals surface area (Å²) in [5.41, 5.74) is 0.122. The zero-order valence-corrected chi connectivity index (χ0v) is 9.12. The van der Waals surface area contributed by atoms with Crippen molar-refractivity contribution in [3.63, 3.8) is 0 Å². The molecule has 17 heavy (non-hydrogen) atoms. The Kier molecular flexibility index (Phi) is 4.04. The van der Waals surface area contributed by atoms with E-state index >= 15 is 0 Å². The van der Waals surface area contributed by atoms with Crippen molar-refractivity contribution in [2.24, 2.45) is 5.92 Å². The minimum Gasteiger partial charge on any atom is -0.299 e. The monoisotopic (exact) mass is 244 g/mol. The molecule has 0 bridgehead atoms. The van der Waals surface area contributed by atoms with Crippen LogP contribution >= 0.6 is 0 Å². The molecular weight excluding hydrogens is 233 g/mol. The zero-order chi connectivity index (χ0) is 13.1. The Hall–Kier alpha value is -1.65. The molecule has 0 saturated carbocycles. The molecule has 0 heterocycles. The van der Waals surface area contributed by atoms with Gasteiger partial charge in [0.15, 0.2) is 5.78 Å². The Morgan fingerprint density at radius 2 is 1.71 bits per heavy atom. The minimum atomic E-state index is -4.53. The van der Waals surface area contributed by atoms with E-state index in [2.05, 4.69) is 0 Å². The maximum absolute atomic E-state index is 12.2. The van der Waals surface area contributed by atoms with Crippen LogP contribution in [-0.4, -0.2) is 17.7 Å². The van der Waals surface area contributed by atoms with Gasteiger partial charge in [0.25, 0.3) is 0 Å². The number of carbonyl (C=O) groups excluding carboxylic acids is 2. The van der Waals surface area contributed by atoms with E-state index in [4.69, 9.17) is 0 Å². The number of rotatable bonds is 4. The van der Waals surface area contributed by atoms with Gasteiger partial charge < -0.3 is 0 Å². The van der Waals surface area contributed by atoms with Crippen LogP contribution in [0.2, 0.25) is 0 Å². The second-order valence-corrected chi connectivity index (χ2v) is 3.71. The van der Waals surface area contributed by atoms with Gasteiger partial charge in [-0.05, 0) is 6.92 Å². The van der Waals surface area contributed by atoms with E-state index in [-0.39, 0.29) is 5.56 Å². The molecule has 1 aromatic rings. The molecule has 0 aliphatic rings. The molecule has 0 spiro atoms. The van der Waals surface area contributed by atoms with Crippen LogP contribution < -0.4 is 0 Å². The Bertz CT molecular complexity index is 410. The average Bonchev–Trinajstić information content (AvgIpc) is 2.25. The van der Waals surface area contributed by atoms with Crippen molar-refractivity contribution in [3.8, 4) is 0 Å². The number of ketones is 2. The maximum Gasteiger partial charge on any atom is 0.390 e. The highest BCUT2D eigenvalue weighted by molar-refractivity contribution is 6.10. The lowest BCUT2D eigenvalue weighted by Crippen LogP contribution is -2.28. The van der Waals surface area contributed by atoms with E-state index < -0.39 is 30.1 Å². The first-order valence-corrected chi connectivity index (χ1v) is 4.98. The van der Waals surface area contributed by atoms with E-state index in [0.29, 0.717) is 0 Å². The van der Waals surface area contributed by atoms with Crippen molar-refractivity contribution in [3.05, 3.63) is 35.9 Å². The van der Waals surface area contributed by atoms with Crippen LogP contribution in [0.25, 0.3) is 0 Å². The Morgan fingerprint density at radius 3 is 2.12 bits per heavy atom. The molecule has 0 aliphatic heterocycles. The molecule has 1 aromatic carbocycles. The van der Waals surface area contributed by atoms with Gasteiger partial charge >= 0.3 is 6.18 Å². The van der Waals surface area contributed by atoms with Crippen LogP contribution in [0.5, 0.6) is 0 Å². The lowest BCUT2D eigenvalue weighted by molar-refractivity contribution is -0.149. The lowest BCUT2D eigenvalue weighted by atomic mass is 9.91. The van der Waals surface area contributed by atoms with Crippen molar-refractivity contribution in [2.45, 2.75) is 19.5 Å². The largest absolute Gasteiger partial charge is 0.390 e. The number of hydrogen-bond donors (Lipinski definition) is 0. The molecule has 1 unspecified atom stereocenters. The summed E-state index contributed by atoms with van der Waals surface area (Å²) < 4.78 is 36.7. The van der Waals surface area contributed by atoms with Crippen LogP contribution in [0.3, 0.4) is 0 Å². The minimum absolute atomic E-state index is 0.122. The van der Waals surface area contributed by atoms with Crippen LogP contribution in [0, 0.1) is 5.92 Å². The Morgan fingerprint density at radius 1 is 1.18 bits per heavy atom. The summed E-state index contributed by atoms with van der Waals surface area (Å²) in [5, 5.41) is 0. The third-order valence-electron chi connectivity index (χ3n) is 2.30. The number of hydrogen-bond acceptors (Lipinski definition) is 2. The van der Waals surface area contributed by atoms with Crippen LogP contribution in [-0.2, 0) is 4.79 Å². The zero-order valence-electron chi connectivity index (χ0n) is 9.12. The molecule has 0 N–H and O–H groups in total. The SMILES string of the molecule is CC(=O)C(CC(F)(F)F)C(=O)c1ccccc1. The smallest absolute Gasteiger partial charge is 0.299 e. The topological polar surface area (TPSA) is 34.1 Å². The van der Waals surface area contributed by atoms with E-state index in [1.54, 1.807) is 6.07 Å². The van der Waals surface area contributed by atoms with E-state index in [1.165, 1.54) is 24.3 Å². The molecular formula is C12H11F3O2. The first kappa shape index (κ1) is 13.4. The number of carbonyl (C=O) groups is 2. The maximum atomic E-state index is 12.2. The predicted octanol–water partition coefficient (Wildman–Crippen LogP) is 3.03. The van der Waals surface area contributed by atoms with Crippen LogP contribution in [0.1, 0.15) is 23.7 Å². The summed E-state index contributed by atoms with van der Waals surface area (Å²) in [7, 11) is 0. The van der Waals surface area contributed by atoms with Gasteiger partial charge in [-0.1, -0.05) is 30.3 Å². The van der Waals surface area contributed by atoms with Gasteiger partial charge in [0.05, 0.1) is 12.3 Å². The first-order valence-electron chi connectivity index (χ1n) is 4.98. The second-order valence-electron chi connectivity index (χ2n) is 3.71.